The molecule has 0 aliphatic heterocycles. The molecule has 5 nitrogen and oxygen atoms in total. The Morgan fingerprint density at radius 3 is 2.57 bits per heavy atom. The molecule has 1 heterocycles. The molecule has 0 bridgehead atoms. The van der Waals surface area contributed by atoms with Crippen molar-refractivity contribution < 1.29 is 4.79 Å². The molecule has 0 spiro atoms. The summed E-state index contributed by atoms with van der Waals surface area (Å²) in [7, 11) is 1.90. The Kier molecular flexibility index (Phi) is 6.80. The first kappa shape index (κ1) is 20.9. The molecule has 0 saturated carbocycles. The number of nitrogens with zero attached hydrogens (tertiary/aromatic N) is 3. The van der Waals surface area contributed by atoms with Crippen molar-refractivity contribution in [3.05, 3.63) is 57.5 Å². The predicted molar refractivity (Wildman–Crippen MR) is 119 cm³/mol. The van der Waals surface area contributed by atoms with Crippen molar-refractivity contribution in [3.63, 3.8) is 0 Å². The molecule has 0 radical (unpaired) electrons. The Hall–Kier alpha value is -1.83. The van der Waals surface area contributed by atoms with Crippen LogP contribution in [-0.2, 0) is 11.8 Å². The minimum absolute atomic E-state index is 0.153. The lowest BCUT2D eigenvalue weighted by atomic mass is 10.0. The highest BCUT2D eigenvalue weighted by atomic mass is 79.9. The average Bonchev–Trinajstić information content (AvgIpc) is 3.03. The highest BCUT2D eigenvalue weighted by Gasteiger charge is 2.14. The number of benzene rings is 2. The smallest absolute Gasteiger partial charge is 0.234 e. The fourth-order valence-corrected chi connectivity index (χ4v) is 4.05. The zero-order chi connectivity index (χ0) is 20.3. The molecule has 8 heteroatoms. The van der Waals surface area contributed by atoms with Crippen LogP contribution in [0.25, 0.3) is 11.4 Å². The molecule has 28 heavy (non-hydrogen) atoms. The number of rotatable bonds is 6. The van der Waals surface area contributed by atoms with Crippen LogP contribution in [0, 0.1) is 0 Å². The minimum Gasteiger partial charge on any atom is -0.324 e. The van der Waals surface area contributed by atoms with Crippen molar-refractivity contribution in [2.24, 2.45) is 7.05 Å². The van der Waals surface area contributed by atoms with E-state index in [1.165, 1.54) is 17.3 Å². The molecule has 0 unspecified atom stereocenters. The number of thioether (sulfide) groups is 1. The summed E-state index contributed by atoms with van der Waals surface area (Å²) in [5.41, 5.74) is 2.86. The van der Waals surface area contributed by atoms with Crippen LogP contribution in [0.3, 0.4) is 0 Å². The molecule has 0 atom stereocenters. The van der Waals surface area contributed by atoms with E-state index in [1.54, 1.807) is 12.1 Å². The quantitative estimate of drug-likeness (QED) is 0.457. The van der Waals surface area contributed by atoms with Gasteiger partial charge in [0, 0.05) is 17.1 Å². The zero-order valence-electron chi connectivity index (χ0n) is 15.7. The zero-order valence-corrected chi connectivity index (χ0v) is 18.9. The maximum atomic E-state index is 12.3. The van der Waals surface area contributed by atoms with E-state index < -0.39 is 0 Å². The lowest BCUT2D eigenvalue weighted by molar-refractivity contribution is -0.113. The number of hydrogen-bond acceptors (Lipinski definition) is 4. The Morgan fingerprint density at radius 1 is 1.21 bits per heavy atom. The second kappa shape index (κ2) is 9.11. The Labute approximate surface area is 182 Å². The van der Waals surface area contributed by atoms with Crippen LogP contribution in [-0.4, -0.2) is 26.4 Å². The summed E-state index contributed by atoms with van der Waals surface area (Å²) in [5, 5.41) is 12.5. The number of halogens is 2. The van der Waals surface area contributed by atoms with Crippen molar-refractivity contribution in [1.29, 1.82) is 0 Å². The molecule has 1 amide bonds. The lowest BCUT2D eigenvalue weighted by Crippen LogP contribution is -2.14. The summed E-state index contributed by atoms with van der Waals surface area (Å²) in [6.45, 7) is 4.33. The maximum absolute atomic E-state index is 12.3. The molecule has 1 N–H and O–H groups in total. The van der Waals surface area contributed by atoms with E-state index in [1.807, 2.05) is 17.7 Å². The fourth-order valence-electron chi connectivity index (χ4n) is 2.62. The van der Waals surface area contributed by atoms with Gasteiger partial charge in [0.2, 0.25) is 5.91 Å². The van der Waals surface area contributed by atoms with E-state index >= 15 is 0 Å². The SMILES string of the molecule is CC(C)c1ccc(-c2nnc(SCC(=O)Nc3ccc(Br)cc3Cl)n2C)cc1. The van der Waals surface area contributed by atoms with Gasteiger partial charge in [-0.15, -0.1) is 10.2 Å². The van der Waals surface area contributed by atoms with Gasteiger partial charge in [-0.3, -0.25) is 4.79 Å². The summed E-state index contributed by atoms with van der Waals surface area (Å²) in [5.74, 6) is 1.32. The molecule has 0 fully saturated rings. The van der Waals surface area contributed by atoms with E-state index in [0.717, 1.165) is 15.9 Å². The number of anilines is 1. The van der Waals surface area contributed by atoms with Crippen LogP contribution in [0.5, 0.6) is 0 Å². The molecule has 146 valence electrons. The van der Waals surface area contributed by atoms with Crippen LogP contribution in [0.15, 0.2) is 52.1 Å². The summed E-state index contributed by atoms with van der Waals surface area (Å²) in [6.07, 6.45) is 0. The van der Waals surface area contributed by atoms with E-state index in [9.17, 15) is 4.79 Å². The first-order chi connectivity index (χ1) is 13.3. The first-order valence-electron chi connectivity index (χ1n) is 8.72. The molecule has 3 aromatic rings. The van der Waals surface area contributed by atoms with Crippen molar-refractivity contribution in [1.82, 2.24) is 14.8 Å². The van der Waals surface area contributed by atoms with Gasteiger partial charge >= 0.3 is 0 Å². The minimum atomic E-state index is -0.153. The van der Waals surface area contributed by atoms with Gasteiger partial charge < -0.3 is 9.88 Å². The van der Waals surface area contributed by atoms with Crippen LogP contribution >= 0.6 is 39.3 Å². The maximum Gasteiger partial charge on any atom is 0.234 e. The van der Waals surface area contributed by atoms with Crippen molar-refractivity contribution in [2.75, 3.05) is 11.1 Å². The fraction of sp³-hybridized carbons (Fsp3) is 0.250. The second-order valence-corrected chi connectivity index (χ2v) is 8.87. The molecule has 0 saturated heterocycles. The van der Waals surface area contributed by atoms with E-state index in [0.29, 0.717) is 21.8 Å². The van der Waals surface area contributed by atoms with Crippen LogP contribution < -0.4 is 5.32 Å². The first-order valence-corrected chi connectivity index (χ1v) is 10.9. The number of aromatic nitrogens is 3. The third-order valence-corrected chi connectivity index (χ3v) is 6.03. The lowest BCUT2D eigenvalue weighted by Gasteiger charge is -2.08. The summed E-state index contributed by atoms with van der Waals surface area (Å²) in [4.78, 5) is 12.3. The number of carbonyl (C=O) groups excluding carboxylic acids is 1. The van der Waals surface area contributed by atoms with Gasteiger partial charge in [0.1, 0.15) is 0 Å². The second-order valence-electron chi connectivity index (χ2n) is 6.60. The van der Waals surface area contributed by atoms with Gasteiger partial charge in [0.25, 0.3) is 0 Å². The van der Waals surface area contributed by atoms with Gasteiger partial charge in [-0.2, -0.15) is 0 Å². The largest absolute Gasteiger partial charge is 0.324 e. The topological polar surface area (TPSA) is 59.8 Å². The number of carbonyl (C=O) groups is 1. The normalized spacial score (nSPS) is 11.1. The Bertz CT molecular complexity index is 988. The molecular weight excluding hydrogens is 460 g/mol. The van der Waals surface area contributed by atoms with Crippen LogP contribution in [0.1, 0.15) is 25.3 Å². The van der Waals surface area contributed by atoms with Gasteiger partial charge in [0.15, 0.2) is 11.0 Å². The molecule has 0 aliphatic rings. The highest BCUT2D eigenvalue weighted by molar-refractivity contribution is 9.10. The monoisotopic (exact) mass is 478 g/mol. The van der Waals surface area contributed by atoms with E-state index in [2.05, 4.69) is 69.6 Å². The summed E-state index contributed by atoms with van der Waals surface area (Å²) >= 11 is 10.8. The standard InChI is InChI=1S/C20H20BrClN4OS/c1-12(2)13-4-6-14(7-5-13)19-24-25-20(26(19)3)28-11-18(27)23-17-9-8-15(21)10-16(17)22/h4-10,12H,11H2,1-3H3,(H,23,27). The van der Waals surface area contributed by atoms with Gasteiger partial charge in [-0.1, -0.05) is 77.4 Å². The molecule has 3 rings (SSSR count). The van der Waals surface area contributed by atoms with Gasteiger partial charge in [-0.05, 0) is 29.7 Å². The van der Waals surface area contributed by atoms with Crippen molar-refractivity contribution in [2.45, 2.75) is 24.9 Å². The van der Waals surface area contributed by atoms with Gasteiger partial charge in [0.05, 0.1) is 16.5 Å². The molecule has 0 aliphatic carbocycles. The molecular formula is C20H20BrClN4OS. The third kappa shape index (κ3) is 4.96. The van der Waals surface area contributed by atoms with E-state index in [4.69, 9.17) is 11.6 Å². The summed E-state index contributed by atoms with van der Waals surface area (Å²) in [6, 6.07) is 13.6. The highest BCUT2D eigenvalue weighted by Crippen LogP contribution is 2.27. The van der Waals surface area contributed by atoms with Crippen molar-refractivity contribution >= 4 is 50.9 Å². The van der Waals surface area contributed by atoms with E-state index in [-0.39, 0.29) is 11.7 Å². The average molecular weight is 480 g/mol. The predicted octanol–water partition coefficient (Wildman–Crippen LogP) is 5.75. The Morgan fingerprint density at radius 2 is 1.93 bits per heavy atom. The number of amides is 1. The number of hydrogen-bond donors (Lipinski definition) is 1. The van der Waals surface area contributed by atoms with Crippen LogP contribution in [0.2, 0.25) is 5.02 Å². The summed E-state index contributed by atoms with van der Waals surface area (Å²) < 4.78 is 2.76. The Balaban J connectivity index is 1.64. The number of nitrogens with one attached hydrogen (secondary N) is 1. The van der Waals surface area contributed by atoms with Crippen molar-refractivity contribution in [3.8, 4) is 11.4 Å². The van der Waals surface area contributed by atoms with Crippen LogP contribution in [0.4, 0.5) is 5.69 Å². The van der Waals surface area contributed by atoms with Gasteiger partial charge in [-0.25, -0.2) is 0 Å². The third-order valence-electron chi connectivity index (χ3n) is 4.21. The molecule has 1 aromatic heterocycles. The molecule has 2 aromatic carbocycles.